The van der Waals surface area contributed by atoms with Gasteiger partial charge in [-0.2, -0.15) is 8.78 Å². The zero-order valence-electron chi connectivity index (χ0n) is 13.0. The molecule has 2 N–H and O–H groups in total. The van der Waals surface area contributed by atoms with Crippen molar-refractivity contribution in [1.82, 2.24) is 10.3 Å². The van der Waals surface area contributed by atoms with Gasteiger partial charge in [-0.05, 0) is 44.2 Å². The first-order valence-corrected chi connectivity index (χ1v) is 8.39. The summed E-state index contributed by atoms with van der Waals surface area (Å²) in [6.07, 6.45) is 0.828. The van der Waals surface area contributed by atoms with Gasteiger partial charge in [0.15, 0.2) is 5.13 Å². The molecular weight excluding hydrogens is 336 g/mol. The van der Waals surface area contributed by atoms with Gasteiger partial charge in [0.05, 0.1) is 11.6 Å². The minimum atomic E-state index is -2.84. The lowest BCUT2D eigenvalue weighted by Crippen LogP contribution is -2.24. The highest BCUT2D eigenvalue weighted by Crippen LogP contribution is 2.31. The Morgan fingerprint density at radius 2 is 2.17 bits per heavy atom. The second kappa shape index (κ2) is 7.23. The van der Waals surface area contributed by atoms with Crippen LogP contribution in [0.2, 0.25) is 0 Å². The zero-order valence-corrected chi connectivity index (χ0v) is 13.8. The Labute approximate surface area is 142 Å². The molecule has 1 fully saturated rings. The molecule has 8 heteroatoms. The number of carbonyl (C=O) groups is 1. The Hall–Kier alpha value is -2.06. The molecular formula is C16H17F2N3O2S. The van der Waals surface area contributed by atoms with Crippen molar-refractivity contribution < 1.29 is 18.3 Å². The third-order valence-corrected chi connectivity index (χ3v) is 4.70. The molecule has 5 nitrogen and oxygen atoms in total. The normalized spacial score (nSPS) is 17.2. The van der Waals surface area contributed by atoms with Gasteiger partial charge >= 0.3 is 6.61 Å². The van der Waals surface area contributed by atoms with Crippen molar-refractivity contribution in [3.63, 3.8) is 0 Å². The molecule has 1 amide bonds. The fraction of sp³-hybridized carbons (Fsp3) is 0.375. The lowest BCUT2D eigenvalue weighted by Gasteiger charge is -2.07. The third kappa shape index (κ3) is 3.88. The molecule has 2 heterocycles. The third-order valence-electron chi connectivity index (χ3n) is 3.81. The van der Waals surface area contributed by atoms with Crippen molar-refractivity contribution in [2.75, 3.05) is 18.4 Å². The summed E-state index contributed by atoms with van der Waals surface area (Å²) >= 11 is 1.40. The van der Waals surface area contributed by atoms with Crippen LogP contribution in [0, 0.1) is 12.8 Å². The van der Waals surface area contributed by atoms with Crippen LogP contribution < -0.4 is 15.4 Å². The summed E-state index contributed by atoms with van der Waals surface area (Å²) in [6, 6.07) is 6.30. The Morgan fingerprint density at radius 1 is 1.42 bits per heavy atom. The maximum atomic E-state index is 12.2. The van der Waals surface area contributed by atoms with Crippen molar-refractivity contribution in [2.24, 2.45) is 5.92 Å². The van der Waals surface area contributed by atoms with E-state index in [2.05, 4.69) is 20.4 Å². The highest BCUT2D eigenvalue weighted by Gasteiger charge is 2.23. The van der Waals surface area contributed by atoms with Gasteiger partial charge in [-0.3, -0.25) is 4.79 Å². The van der Waals surface area contributed by atoms with E-state index in [1.165, 1.54) is 23.5 Å². The van der Waals surface area contributed by atoms with Gasteiger partial charge in [-0.1, -0.05) is 0 Å². The van der Waals surface area contributed by atoms with Crippen LogP contribution in [0.1, 0.15) is 11.3 Å². The van der Waals surface area contributed by atoms with Crippen LogP contribution in [-0.4, -0.2) is 30.6 Å². The van der Waals surface area contributed by atoms with Gasteiger partial charge < -0.3 is 15.4 Å². The zero-order chi connectivity index (χ0) is 17.1. The van der Waals surface area contributed by atoms with Crippen molar-refractivity contribution in [1.29, 1.82) is 0 Å². The first-order valence-electron chi connectivity index (χ1n) is 7.57. The number of hydrogen-bond donors (Lipinski definition) is 2. The summed E-state index contributed by atoms with van der Waals surface area (Å²) < 4.78 is 28.7. The fourth-order valence-corrected chi connectivity index (χ4v) is 3.44. The van der Waals surface area contributed by atoms with Crippen LogP contribution in [0.25, 0.3) is 11.3 Å². The molecule has 2 aromatic rings. The van der Waals surface area contributed by atoms with E-state index in [1.807, 2.05) is 6.92 Å². The predicted octanol–water partition coefficient (Wildman–Crippen LogP) is 3.27. The van der Waals surface area contributed by atoms with Crippen molar-refractivity contribution in [2.45, 2.75) is 20.0 Å². The first kappa shape index (κ1) is 16.8. The van der Waals surface area contributed by atoms with Crippen molar-refractivity contribution in [3.8, 4) is 17.0 Å². The van der Waals surface area contributed by atoms with E-state index in [0.29, 0.717) is 11.7 Å². The SMILES string of the molecule is Cc1sc(NC(=O)C2CCNC2)nc1-c1ccc(OC(F)F)cc1. The van der Waals surface area contributed by atoms with Gasteiger partial charge in [-0.25, -0.2) is 4.98 Å². The van der Waals surface area contributed by atoms with E-state index < -0.39 is 6.61 Å². The smallest absolute Gasteiger partial charge is 0.387 e. The van der Waals surface area contributed by atoms with Crippen LogP contribution >= 0.6 is 11.3 Å². The fourth-order valence-electron chi connectivity index (χ4n) is 2.60. The molecule has 1 aromatic heterocycles. The Bertz CT molecular complexity index is 713. The molecule has 1 aliphatic heterocycles. The number of aromatic nitrogens is 1. The number of nitrogens with one attached hydrogen (secondary N) is 2. The van der Waals surface area contributed by atoms with Crippen LogP contribution in [0.4, 0.5) is 13.9 Å². The van der Waals surface area contributed by atoms with E-state index in [4.69, 9.17) is 0 Å². The highest BCUT2D eigenvalue weighted by atomic mass is 32.1. The largest absolute Gasteiger partial charge is 0.435 e. The molecule has 0 bridgehead atoms. The highest BCUT2D eigenvalue weighted by molar-refractivity contribution is 7.16. The number of hydrogen-bond acceptors (Lipinski definition) is 5. The maximum Gasteiger partial charge on any atom is 0.387 e. The standard InChI is InChI=1S/C16H17F2N3O2S/c1-9-13(10-2-4-12(5-3-10)23-15(17)18)20-16(24-9)21-14(22)11-6-7-19-8-11/h2-5,11,15,19H,6-8H2,1H3,(H,20,21,22). The first-order chi connectivity index (χ1) is 11.5. The molecule has 1 unspecified atom stereocenters. The molecule has 0 radical (unpaired) electrons. The average Bonchev–Trinajstić information content (AvgIpc) is 3.17. The van der Waals surface area contributed by atoms with Gasteiger partial charge in [0.2, 0.25) is 5.91 Å². The van der Waals surface area contributed by atoms with E-state index in [0.717, 1.165) is 29.1 Å². The molecule has 1 aromatic carbocycles. The number of nitrogens with zero attached hydrogens (tertiary/aromatic N) is 1. The molecule has 1 saturated heterocycles. The van der Waals surface area contributed by atoms with Crippen LogP contribution in [0.5, 0.6) is 5.75 Å². The average molecular weight is 353 g/mol. The molecule has 1 aliphatic rings. The van der Waals surface area contributed by atoms with E-state index in [9.17, 15) is 13.6 Å². The molecule has 0 aliphatic carbocycles. The number of alkyl halides is 2. The number of rotatable bonds is 5. The molecule has 3 rings (SSSR count). The number of halogens is 2. The monoisotopic (exact) mass is 353 g/mol. The maximum absolute atomic E-state index is 12.2. The molecule has 0 spiro atoms. The lowest BCUT2D eigenvalue weighted by atomic mass is 10.1. The molecule has 24 heavy (non-hydrogen) atoms. The Balaban J connectivity index is 1.72. The van der Waals surface area contributed by atoms with Crippen LogP contribution in [0.15, 0.2) is 24.3 Å². The number of ether oxygens (including phenoxy) is 1. The number of carbonyl (C=O) groups excluding carboxylic acids is 1. The van der Waals surface area contributed by atoms with Crippen molar-refractivity contribution >= 4 is 22.4 Å². The summed E-state index contributed by atoms with van der Waals surface area (Å²) in [6.45, 7) is 0.606. The summed E-state index contributed by atoms with van der Waals surface area (Å²) in [5.41, 5.74) is 1.51. The van der Waals surface area contributed by atoms with Gasteiger partial charge in [0, 0.05) is 17.0 Å². The van der Waals surface area contributed by atoms with Crippen molar-refractivity contribution in [3.05, 3.63) is 29.1 Å². The summed E-state index contributed by atoms with van der Waals surface area (Å²) in [7, 11) is 0. The lowest BCUT2D eigenvalue weighted by molar-refractivity contribution is -0.119. The predicted molar refractivity (Wildman–Crippen MR) is 88.5 cm³/mol. The number of amides is 1. The summed E-state index contributed by atoms with van der Waals surface area (Å²) in [4.78, 5) is 17.5. The van der Waals surface area contributed by atoms with Crippen LogP contribution in [0.3, 0.4) is 0 Å². The molecule has 0 saturated carbocycles. The Kier molecular flexibility index (Phi) is 5.06. The topological polar surface area (TPSA) is 63.2 Å². The second-order valence-corrected chi connectivity index (χ2v) is 6.71. The summed E-state index contributed by atoms with van der Waals surface area (Å²) in [5, 5.41) is 6.56. The minimum absolute atomic E-state index is 0.0246. The number of anilines is 1. The van der Waals surface area contributed by atoms with E-state index in [-0.39, 0.29) is 17.6 Å². The second-order valence-electron chi connectivity index (χ2n) is 5.51. The minimum Gasteiger partial charge on any atom is -0.435 e. The summed E-state index contributed by atoms with van der Waals surface area (Å²) in [5.74, 6) is 0.0494. The number of aryl methyl sites for hydroxylation is 1. The Morgan fingerprint density at radius 3 is 2.79 bits per heavy atom. The number of benzene rings is 1. The molecule has 128 valence electrons. The number of thiazole rings is 1. The van der Waals surface area contributed by atoms with Gasteiger partial charge in [0.1, 0.15) is 5.75 Å². The van der Waals surface area contributed by atoms with Gasteiger partial charge in [0.25, 0.3) is 0 Å². The van der Waals surface area contributed by atoms with E-state index in [1.54, 1.807) is 12.1 Å². The quantitative estimate of drug-likeness (QED) is 0.866. The molecule has 1 atom stereocenters. The van der Waals surface area contributed by atoms with Crippen LogP contribution in [-0.2, 0) is 4.79 Å². The van der Waals surface area contributed by atoms with Gasteiger partial charge in [-0.15, -0.1) is 11.3 Å². The van der Waals surface area contributed by atoms with E-state index >= 15 is 0 Å².